The standard InChI is InChI=1S/C14H19N3O7/c1-7(18)22-6-10-9(5-15)12(23-8(2)19)13(24-10)17-4-3-11(20)16-14(17)21/h3-4,9-10,12-13H,5-6,15H2,1-2H3,(H,16,20,21)/t9-,10-,12-,13-/m1/s1. The molecule has 4 atom stereocenters. The number of hydrogen-bond acceptors (Lipinski definition) is 8. The molecule has 1 aliphatic heterocycles. The fraction of sp³-hybridized carbons (Fsp3) is 0.571. The molecule has 0 unspecified atom stereocenters. The number of esters is 2. The Morgan fingerprint density at radius 3 is 2.58 bits per heavy atom. The van der Waals surface area contributed by atoms with Crippen molar-refractivity contribution < 1.29 is 23.8 Å². The number of nitrogens with one attached hydrogen (secondary N) is 1. The summed E-state index contributed by atoms with van der Waals surface area (Å²) in [5, 5.41) is 0. The molecule has 10 nitrogen and oxygen atoms in total. The number of carbonyl (C=O) groups excluding carboxylic acids is 2. The largest absolute Gasteiger partial charge is 0.463 e. The second-order valence-corrected chi connectivity index (χ2v) is 5.36. The molecule has 24 heavy (non-hydrogen) atoms. The molecule has 0 bridgehead atoms. The number of aromatic nitrogens is 2. The second-order valence-electron chi connectivity index (χ2n) is 5.36. The zero-order chi connectivity index (χ0) is 17.9. The topological polar surface area (TPSA) is 143 Å². The molecule has 0 spiro atoms. The summed E-state index contributed by atoms with van der Waals surface area (Å²) in [5.41, 5.74) is 4.46. The third-order valence-electron chi connectivity index (χ3n) is 3.65. The zero-order valence-electron chi connectivity index (χ0n) is 13.3. The highest BCUT2D eigenvalue weighted by atomic mass is 16.6. The predicted octanol–water partition coefficient (Wildman–Crippen LogP) is -1.50. The molecule has 1 fully saturated rings. The van der Waals surface area contributed by atoms with Crippen LogP contribution >= 0.6 is 0 Å². The van der Waals surface area contributed by atoms with Crippen LogP contribution in [0.25, 0.3) is 0 Å². The number of ether oxygens (including phenoxy) is 3. The smallest absolute Gasteiger partial charge is 0.330 e. The van der Waals surface area contributed by atoms with Gasteiger partial charge in [0.15, 0.2) is 12.3 Å². The van der Waals surface area contributed by atoms with Crippen molar-refractivity contribution in [3.8, 4) is 0 Å². The quantitative estimate of drug-likeness (QED) is 0.616. The number of nitrogens with two attached hydrogens (primary N) is 1. The van der Waals surface area contributed by atoms with Crippen LogP contribution < -0.4 is 17.0 Å². The molecule has 1 aromatic heterocycles. The highest BCUT2D eigenvalue weighted by molar-refractivity contribution is 5.66. The summed E-state index contributed by atoms with van der Waals surface area (Å²) in [6, 6.07) is 1.15. The molecule has 132 valence electrons. The minimum absolute atomic E-state index is 0.0818. The van der Waals surface area contributed by atoms with Crippen LogP contribution in [-0.2, 0) is 23.8 Å². The number of carbonyl (C=O) groups is 2. The summed E-state index contributed by atoms with van der Waals surface area (Å²) in [5.74, 6) is -1.56. The maximum Gasteiger partial charge on any atom is 0.330 e. The van der Waals surface area contributed by atoms with Crippen LogP contribution in [0.5, 0.6) is 0 Å². The number of hydrogen-bond donors (Lipinski definition) is 2. The molecule has 0 saturated carbocycles. The van der Waals surface area contributed by atoms with E-state index in [1.54, 1.807) is 0 Å². The normalized spacial score (nSPS) is 26.1. The average molecular weight is 341 g/mol. The molecule has 0 aromatic carbocycles. The molecule has 1 saturated heterocycles. The van der Waals surface area contributed by atoms with Crippen molar-refractivity contribution in [2.24, 2.45) is 11.7 Å². The Kier molecular flexibility index (Phi) is 5.52. The van der Waals surface area contributed by atoms with Crippen LogP contribution in [0.2, 0.25) is 0 Å². The minimum atomic E-state index is -0.993. The zero-order valence-corrected chi connectivity index (χ0v) is 13.3. The van der Waals surface area contributed by atoms with Crippen LogP contribution in [-0.4, -0.2) is 46.8 Å². The first-order chi connectivity index (χ1) is 11.3. The molecular formula is C14H19N3O7. The average Bonchev–Trinajstić information content (AvgIpc) is 2.82. The van der Waals surface area contributed by atoms with E-state index in [-0.39, 0.29) is 13.2 Å². The van der Waals surface area contributed by atoms with Crippen LogP contribution in [0.3, 0.4) is 0 Å². The van der Waals surface area contributed by atoms with E-state index in [1.165, 1.54) is 20.0 Å². The van der Waals surface area contributed by atoms with Crippen LogP contribution in [0.15, 0.2) is 21.9 Å². The second kappa shape index (κ2) is 7.41. The maximum absolute atomic E-state index is 12.0. The Bertz CT molecular complexity index is 726. The first kappa shape index (κ1) is 17.9. The van der Waals surface area contributed by atoms with E-state index in [1.807, 2.05) is 0 Å². The van der Waals surface area contributed by atoms with Crippen molar-refractivity contribution in [1.29, 1.82) is 0 Å². The van der Waals surface area contributed by atoms with Crippen molar-refractivity contribution in [2.75, 3.05) is 13.2 Å². The van der Waals surface area contributed by atoms with Gasteiger partial charge in [0.05, 0.1) is 0 Å². The van der Waals surface area contributed by atoms with E-state index in [0.717, 1.165) is 10.6 Å². The summed E-state index contributed by atoms with van der Waals surface area (Å²) in [6.07, 6.45) is -1.28. The number of nitrogens with zero attached hydrogens (tertiary/aromatic N) is 1. The Labute approximate surface area is 136 Å². The molecule has 10 heteroatoms. The maximum atomic E-state index is 12.0. The number of H-pyrrole nitrogens is 1. The summed E-state index contributed by atoms with van der Waals surface area (Å²) in [6.45, 7) is 2.46. The van der Waals surface area contributed by atoms with E-state index in [4.69, 9.17) is 19.9 Å². The van der Waals surface area contributed by atoms with Gasteiger partial charge in [-0.15, -0.1) is 0 Å². The summed E-state index contributed by atoms with van der Waals surface area (Å²) in [4.78, 5) is 47.7. The SMILES string of the molecule is CC(=O)OC[C@H]1O[C@@H](n2ccc(=O)[nH]c2=O)[C@H](OC(C)=O)[C@@H]1CN. The Hall–Kier alpha value is -2.46. The van der Waals surface area contributed by atoms with Crippen molar-refractivity contribution in [3.63, 3.8) is 0 Å². The van der Waals surface area contributed by atoms with Gasteiger partial charge in [-0.2, -0.15) is 0 Å². The lowest BCUT2D eigenvalue weighted by Crippen LogP contribution is -2.40. The van der Waals surface area contributed by atoms with Crippen LogP contribution in [0.1, 0.15) is 20.1 Å². The molecule has 2 heterocycles. The lowest BCUT2D eigenvalue weighted by Gasteiger charge is -2.23. The van der Waals surface area contributed by atoms with Crippen LogP contribution in [0, 0.1) is 5.92 Å². The highest BCUT2D eigenvalue weighted by Crippen LogP contribution is 2.35. The van der Waals surface area contributed by atoms with Gasteiger partial charge in [0.25, 0.3) is 5.56 Å². The van der Waals surface area contributed by atoms with E-state index in [9.17, 15) is 19.2 Å². The van der Waals surface area contributed by atoms with Gasteiger partial charge in [-0.05, 0) is 0 Å². The molecule has 1 aromatic rings. The minimum Gasteiger partial charge on any atom is -0.463 e. The lowest BCUT2D eigenvalue weighted by molar-refractivity contribution is -0.154. The van der Waals surface area contributed by atoms with Crippen molar-refractivity contribution in [1.82, 2.24) is 9.55 Å². The molecule has 0 aliphatic carbocycles. The number of aromatic amines is 1. The third kappa shape index (κ3) is 3.89. The molecular weight excluding hydrogens is 322 g/mol. The predicted molar refractivity (Wildman–Crippen MR) is 80.0 cm³/mol. The van der Waals surface area contributed by atoms with E-state index in [2.05, 4.69) is 4.98 Å². The number of rotatable bonds is 5. The molecule has 0 amide bonds. The van der Waals surface area contributed by atoms with Gasteiger partial charge in [0, 0.05) is 38.6 Å². The van der Waals surface area contributed by atoms with Gasteiger partial charge in [0.2, 0.25) is 0 Å². The molecule has 0 radical (unpaired) electrons. The van der Waals surface area contributed by atoms with E-state index >= 15 is 0 Å². The summed E-state index contributed by atoms with van der Waals surface area (Å²) in [7, 11) is 0. The van der Waals surface area contributed by atoms with Crippen molar-refractivity contribution in [2.45, 2.75) is 32.3 Å². The van der Waals surface area contributed by atoms with Crippen LogP contribution in [0.4, 0.5) is 0 Å². The Morgan fingerprint density at radius 2 is 2.04 bits per heavy atom. The fourth-order valence-electron chi connectivity index (χ4n) is 2.62. The Balaban J connectivity index is 2.35. The van der Waals surface area contributed by atoms with Gasteiger partial charge in [-0.25, -0.2) is 4.79 Å². The van der Waals surface area contributed by atoms with E-state index in [0.29, 0.717) is 0 Å². The summed E-state index contributed by atoms with van der Waals surface area (Å²) < 4.78 is 17.1. The molecule has 1 aliphatic rings. The van der Waals surface area contributed by atoms with Gasteiger partial charge in [-0.1, -0.05) is 0 Å². The highest BCUT2D eigenvalue weighted by Gasteiger charge is 2.47. The van der Waals surface area contributed by atoms with Gasteiger partial charge in [-0.3, -0.25) is 23.9 Å². The van der Waals surface area contributed by atoms with Crippen molar-refractivity contribution >= 4 is 11.9 Å². The Morgan fingerprint density at radius 1 is 1.33 bits per heavy atom. The van der Waals surface area contributed by atoms with Gasteiger partial charge < -0.3 is 19.9 Å². The lowest BCUT2D eigenvalue weighted by atomic mass is 9.98. The molecule has 3 N–H and O–H groups in total. The summed E-state index contributed by atoms with van der Waals surface area (Å²) >= 11 is 0. The fourth-order valence-corrected chi connectivity index (χ4v) is 2.62. The molecule has 2 rings (SSSR count). The van der Waals surface area contributed by atoms with Gasteiger partial charge >= 0.3 is 17.6 Å². The van der Waals surface area contributed by atoms with E-state index < -0.39 is 47.5 Å². The third-order valence-corrected chi connectivity index (χ3v) is 3.65. The monoisotopic (exact) mass is 341 g/mol. The first-order valence-corrected chi connectivity index (χ1v) is 7.31. The van der Waals surface area contributed by atoms with Crippen molar-refractivity contribution in [3.05, 3.63) is 33.1 Å². The van der Waals surface area contributed by atoms with Gasteiger partial charge in [0.1, 0.15) is 12.7 Å². The first-order valence-electron chi connectivity index (χ1n) is 7.31.